The minimum Gasteiger partial charge on any atom is -0.481 e. The smallest absolute Gasteiger partial charge is 0.221 e. The number of nitrogens with one attached hydrogen (secondary N) is 1. The molecule has 1 N–H and O–H groups in total. The van der Waals surface area contributed by atoms with Gasteiger partial charge in [-0.25, -0.2) is 0 Å². The van der Waals surface area contributed by atoms with Crippen molar-refractivity contribution in [2.24, 2.45) is 0 Å². The third kappa shape index (κ3) is 6.26. The lowest BCUT2D eigenvalue weighted by Gasteiger charge is -2.17. The monoisotopic (exact) mass is 383 g/mol. The second-order valence-corrected chi connectivity index (χ2v) is 6.76. The Morgan fingerprint density at radius 2 is 1.45 bits per heavy atom. The Labute approximate surface area is 172 Å². The van der Waals surface area contributed by atoms with Crippen molar-refractivity contribution in [2.45, 2.75) is 19.3 Å². The minimum atomic E-state index is -0.0168. The molecule has 0 aliphatic rings. The Balaban J connectivity index is 1.52. The Hall–Kier alpha value is -3.51. The maximum Gasteiger partial charge on any atom is 0.221 e. The van der Waals surface area contributed by atoms with Gasteiger partial charge >= 0.3 is 0 Å². The first kappa shape index (κ1) is 20.2. The highest BCUT2D eigenvalue weighted by Gasteiger charge is 2.17. The van der Waals surface area contributed by atoms with E-state index in [4.69, 9.17) is 4.74 Å². The maximum absolute atomic E-state index is 12.5. The number of amides is 1. The maximum atomic E-state index is 12.5. The summed E-state index contributed by atoms with van der Waals surface area (Å²) in [6.45, 7) is 2.61. The van der Waals surface area contributed by atoms with Crippen LogP contribution in [0.15, 0.2) is 84.9 Å². The van der Waals surface area contributed by atoms with E-state index in [1.807, 2.05) is 67.6 Å². The number of benzene rings is 3. The van der Waals surface area contributed by atoms with Crippen LogP contribution in [0.3, 0.4) is 0 Å². The van der Waals surface area contributed by atoms with Gasteiger partial charge in [-0.3, -0.25) is 4.79 Å². The molecule has 0 heterocycles. The molecule has 0 saturated carbocycles. The summed E-state index contributed by atoms with van der Waals surface area (Å²) in [7, 11) is 0. The summed E-state index contributed by atoms with van der Waals surface area (Å²) in [6.07, 6.45) is 0.384. The number of carbonyl (C=O) groups excluding carboxylic acids is 1. The Morgan fingerprint density at radius 3 is 2.07 bits per heavy atom. The van der Waals surface area contributed by atoms with Gasteiger partial charge in [0, 0.05) is 12.3 Å². The van der Waals surface area contributed by atoms with E-state index in [2.05, 4.69) is 41.4 Å². The Bertz CT molecular complexity index is 932. The molecular weight excluding hydrogens is 358 g/mol. The van der Waals surface area contributed by atoms with E-state index in [9.17, 15) is 4.79 Å². The predicted molar refractivity (Wildman–Crippen MR) is 117 cm³/mol. The van der Waals surface area contributed by atoms with Gasteiger partial charge in [-0.2, -0.15) is 0 Å². The molecule has 3 rings (SSSR count). The third-order valence-electron chi connectivity index (χ3n) is 4.69. The van der Waals surface area contributed by atoms with Crippen molar-refractivity contribution >= 4 is 5.91 Å². The van der Waals surface area contributed by atoms with Gasteiger partial charge in [0.25, 0.3) is 0 Å². The summed E-state index contributed by atoms with van der Waals surface area (Å²) in [6, 6.07) is 28.1. The molecule has 29 heavy (non-hydrogen) atoms. The van der Waals surface area contributed by atoms with Crippen LogP contribution >= 0.6 is 0 Å². The molecule has 146 valence electrons. The molecule has 0 saturated heterocycles. The summed E-state index contributed by atoms with van der Waals surface area (Å²) in [5.74, 6) is 6.74. The van der Waals surface area contributed by atoms with Crippen LogP contribution in [-0.2, 0) is 4.79 Å². The van der Waals surface area contributed by atoms with Crippen molar-refractivity contribution in [3.8, 4) is 17.6 Å². The van der Waals surface area contributed by atoms with E-state index in [1.54, 1.807) is 0 Å². The van der Waals surface area contributed by atoms with Crippen molar-refractivity contribution in [1.82, 2.24) is 5.32 Å². The van der Waals surface area contributed by atoms with Crippen LogP contribution in [0.4, 0.5) is 0 Å². The molecule has 0 fully saturated rings. The number of carbonyl (C=O) groups is 1. The van der Waals surface area contributed by atoms with E-state index < -0.39 is 0 Å². The van der Waals surface area contributed by atoms with Crippen LogP contribution in [0.5, 0.6) is 5.75 Å². The van der Waals surface area contributed by atoms with Crippen molar-refractivity contribution in [1.29, 1.82) is 0 Å². The number of hydrogen-bond acceptors (Lipinski definition) is 2. The fourth-order valence-corrected chi connectivity index (χ4v) is 3.14. The lowest BCUT2D eigenvalue weighted by atomic mass is 9.88. The largest absolute Gasteiger partial charge is 0.481 e. The predicted octanol–water partition coefficient (Wildman–Crippen LogP) is 4.72. The van der Waals surface area contributed by atoms with E-state index in [0.717, 1.165) is 22.4 Å². The lowest BCUT2D eigenvalue weighted by molar-refractivity contribution is -0.121. The van der Waals surface area contributed by atoms with Gasteiger partial charge in [0.05, 0.1) is 6.54 Å². The van der Waals surface area contributed by atoms with Crippen molar-refractivity contribution < 1.29 is 9.53 Å². The Kier molecular flexibility index (Phi) is 7.48. The first-order chi connectivity index (χ1) is 14.2. The van der Waals surface area contributed by atoms with Crippen LogP contribution in [0, 0.1) is 18.8 Å². The number of para-hydroxylation sites is 1. The van der Waals surface area contributed by atoms with Gasteiger partial charge in [0.2, 0.25) is 5.91 Å². The average molecular weight is 383 g/mol. The highest BCUT2D eigenvalue weighted by Crippen LogP contribution is 2.27. The van der Waals surface area contributed by atoms with Gasteiger partial charge in [0.1, 0.15) is 12.4 Å². The second-order valence-electron chi connectivity index (χ2n) is 6.76. The van der Waals surface area contributed by atoms with Crippen LogP contribution in [0.1, 0.15) is 29.0 Å². The zero-order chi connectivity index (χ0) is 20.3. The minimum absolute atomic E-state index is 0.0168. The molecule has 0 bridgehead atoms. The number of rotatable bonds is 7. The van der Waals surface area contributed by atoms with Crippen LogP contribution in [0.2, 0.25) is 0 Å². The Morgan fingerprint density at radius 1 is 0.862 bits per heavy atom. The SMILES string of the molecule is Cc1ccccc1OCC#CCNC(=O)CC(c1ccccc1)c1ccccc1. The zero-order valence-electron chi connectivity index (χ0n) is 16.6. The molecule has 0 spiro atoms. The standard InChI is InChI=1S/C26H25NO2/c1-21-12-8-9-17-25(21)29-19-11-10-18-27-26(28)20-24(22-13-4-2-5-14-22)23-15-6-3-7-16-23/h2-9,12-17,24H,18-20H2,1H3,(H,27,28). The van der Waals surface area contributed by atoms with Gasteiger partial charge in [-0.15, -0.1) is 0 Å². The van der Waals surface area contributed by atoms with Gasteiger partial charge in [0.15, 0.2) is 0 Å². The summed E-state index contributed by atoms with van der Waals surface area (Å²) in [4.78, 5) is 12.5. The normalized spacial score (nSPS) is 10.1. The van der Waals surface area contributed by atoms with Gasteiger partial charge in [-0.1, -0.05) is 90.7 Å². The average Bonchev–Trinajstić information content (AvgIpc) is 2.77. The molecule has 1 amide bonds. The van der Waals surface area contributed by atoms with E-state index >= 15 is 0 Å². The fourth-order valence-electron chi connectivity index (χ4n) is 3.14. The van der Waals surface area contributed by atoms with E-state index in [-0.39, 0.29) is 11.8 Å². The fraction of sp³-hybridized carbons (Fsp3) is 0.192. The third-order valence-corrected chi connectivity index (χ3v) is 4.69. The van der Waals surface area contributed by atoms with Gasteiger partial charge < -0.3 is 10.1 Å². The van der Waals surface area contributed by atoms with Gasteiger partial charge in [-0.05, 0) is 29.7 Å². The van der Waals surface area contributed by atoms with Crippen molar-refractivity contribution in [2.75, 3.05) is 13.2 Å². The highest BCUT2D eigenvalue weighted by molar-refractivity contribution is 5.77. The number of hydrogen-bond donors (Lipinski definition) is 1. The van der Waals surface area contributed by atoms with Crippen molar-refractivity contribution in [3.63, 3.8) is 0 Å². The topological polar surface area (TPSA) is 38.3 Å². The first-order valence-corrected chi connectivity index (χ1v) is 9.75. The highest BCUT2D eigenvalue weighted by atomic mass is 16.5. The molecule has 3 heteroatoms. The molecule has 0 radical (unpaired) electrons. The molecule has 3 nitrogen and oxygen atoms in total. The number of ether oxygens (including phenoxy) is 1. The van der Waals surface area contributed by atoms with Crippen molar-refractivity contribution in [3.05, 3.63) is 102 Å². The molecule has 0 atom stereocenters. The molecule has 0 aliphatic heterocycles. The quantitative estimate of drug-likeness (QED) is 0.600. The second kappa shape index (κ2) is 10.7. The van der Waals surface area contributed by atoms with Crippen LogP contribution in [-0.4, -0.2) is 19.1 Å². The molecule has 0 aromatic heterocycles. The molecule has 0 unspecified atom stereocenters. The summed E-state index contributed by atoms with van der Waals surface area (Å²) in [5.41, 5.74) is 3.34. The zero-order valence-corrected chi connectivity index (χ0v) is 16.6. The summed E-state index contributed by atoms with van der Waals surface area (Å²) < 4.78 is 5.64. The lowest BCUT2D eigenvalue weighted by Crippen LogP contribution is -2.25. The molecule has 0 aliphatic carbocycles. The molecular formula is C26H25NO2. The van der Waals surface area contributed by atoms with Crippen LogP contribution < -0.4 is 10.1 Å². The van der Waals surface area contributed by atoms with E-state index in [0.29, 0.717) is 19.6 Å². The number of aryl methyl sites for hydroxylation is 1. The van der Waals surface area contributed by atoms with Crippen LogP contribution in [0.25, 0.3) is 0 Å². The first-order valence-electron chi connectivity index (χ1n) is 9.75. The molecule has 3 aromatic carbocycles. The summed E-state index contributed by atoms with van der Waals surface area (Å²) in [5, 5.41) is 2.89. The van der Waals surface area contributed by atoms with E-state index in [1.165, 1.54) is 0 Å². The summed E-state index contributed by atoms with van der Waals surface area (Å²) >= 11 is 0. The molecule has 3 aromatic rings.